The lowest BCUT2D eigenvalue weighted by atomic mass is 9.91. The van der Waals surface area contributed by atoms with Crippen LogP contribution in [0.4, 0.5) is 0 Å². The fourth-order valence-corrected chi connectivity index (χ4v) is 3.49. The van der Waals surface area contributed by atoms with Gasteiger partial charge in [-0.2, -0.15) is 0 Å². The molecule has 0 aliphatic rings. The van der Waals surface area contributed by atoms with Crippen molar-refractivity contribution in [1.82, 2.24) is 0 Å². The third-order valence-corrected chi connectivity index (χ3v) is 4.86. The van der Waals surface area contributed by atoms with Gasteiger partial charge in [-0.15, -0.1) is 0 Å². The van der Waals surface area contributed by atoms with Crippen LogP contribution in [0.2, 0.25) is 0 Å². The van der Waals surface area contributed by atoms with Crippen LogP contribution in [0.5, 0.6) is 5.75 Å². The number of aromatic hydroxyl groups is 1. The fourth-order valence-electron chi connectivity index (χ4n) is 3.49. The van der Waals surface area contributed by atoms with Crippen LogP contribution in [-0.4, -0.2) is 5.11 Å². The molecular weight excluding hydrogens is 328 g/mol. The Morgan fingerprint density at radius 1 is 0.481 bits per heavy atom. The van der Waals surface area contributed by atoms with E-state index >= 15 is 0 Å². The normalized spacial score (nSPS) is 10.7. The summed E-state index contributed by atoms with van der Waals surface area (Å²) < 4.78 is 0. The quantitative estimate of drug-likeness (QED) is 0.451. The minimum atomic E-state index is 0.323. The zero-order chi connectivity index (χ0) is 18.5. The lowest BCUT2D eigenvalue weighted by molar-refractivity contribution is 0.477. The predicted octanol–water partition coefficient (Wildman–Crippen LogP) is 6.24. The Morgan fingerprint density at radius 3 is 1.74 bits per heavy atom. The maximum Gasteiger partial charge on any atom is 0.123 e. The highest BCUT2D eigenvalue weighted by atomic mass is 16.3. The second-order valence-corrected chi connectivity index (χ2v) is 6.83. The van der Waals surface area contributed by atoms with E-state index < -0.39 is 0 Å². The highest BCUT2D eigenvalue weighted by Gasteiger charge is 2.11. The number of para-hydroxylation sites is 1. The largest absolute Gasteiger partial charge is 0.507 e. The van der Waals surface area contributed by atoms with Gasteiger partial charge < -0.3 is 5.11 Å². The van der Waals surface area contributed by atoms with Crippen molar-refractivity contribution in [3.05, 3.63) is 125 Å². The third kappa shape index (κ3) is 4.09. The SMILES string of the molecule is Oc1ccccc1-c1cc(Cc2ccccc2)ccc1Cc1ccccc1. The van der Waals surface area contributed by atoms with Gasteiger partial charge in [0.25, 0.3) is 0 Å². The van der Waals surface area contributed by atoms with Crippen LogP contribution < -0.4 is 0 Å². The van der Waals surface area contributed by atoms with Crippen molar-refractivity contribution >= 4 is 0 Å². The second kappa shape index (κ2) is 7.92. The summed E-state index contributed by atoms with van der Waals surface area (Å²) in [6.07, 6.45) is 1.73. The Bertz CT molecular complexity index is 1020. The van der Waals surface area contributed by atoms with Crippen molar-refractivity contribution < 1.29 is 5.11 Å². The first kappa shape index (κ1) is 17.1. The topological polar surface area (TPSA) is 20.2 Å². The summed E-state index contributed by atoms with van der Waals surface area (Å²) in [5, 5.41) is 10.4. The number of hydrogen-bond donors (Lipinski definition) is 1. The summed E-state index contributed by atoms with van der Waals surface area (Å²) in [5.41, 5.74) is 7.01. The Labute approximate surface area is 160 Å². The molecule has 4 aromatic rings. The van der Waals surface area contributed by atoms with Crippen molar-refractivity contribution in [3.8, 4) is 16.9 Å². The molecule has 4 rings (SSSR count). The minimum absolute atomic E-state index is 0.323. The summed E-state index contributed by atoms with van der Waals surface area (Å²) >= 11 is 0. The molecule has 0 saturated carbocycles. The van der Waals surface area contributed by atoms with Gasteiger partial charge in [-0.1, -0.05) is 97.1 Å². The van der Waals surface area contributed by atoms with Gasteiger partial charge in [-0.25, -0.2) is 0 Å². The highest BCUT2D eigenvalue weighted by Crippen LogP contribution is 2.33. The van der Waals surface area contributed by atoms with Crippen molar-refractivity contribution in [2.24, 2.45) is 0 Å². The average Bonchev–Trinajstić information content (AvgIpc) is 2.71. The molecule has 1 nitrogen and oxygen atoms in total. The zero-order valence-electron chi connectivity index (χ0n) is 15.2. The van der Waals surface area contributed by atoms with E-state index in [-0.39, 0.29) is 0 Å². The fraction of sp³-hybridized carbons (Fsp3) is 0.0769. The van der Waals surface area contributed by atoms with Crippen LogP contribution in [0.25, 0.3) is 11.1 Å². The molecule has 4 aromatic carbocycles. The molecule has 0 aliphatic carbocycles. The molecule has 0 aliphatic heterocycles. The summed E-state index contributed by atoms with van der Waals surface area (Å²) in [6, 6.07) is 35.2. The van der Waals surface area contributed by atoms with Gasteiger partial charge in [0.05, 0.1) is 0 Å². The average molecular weight is 350 g/mol. The van der Waals surface area contributed by atoms with Crippen LogP contribution in [0.15, 0.2) is 103 Å². The molecule has 0 aromatic heterocycles. The maximum absolute atomic E-state index is 10.4. The highest BCUT2D eigenvalue weighted by molar-refractivity contribution is 5.74. The molecular formula is C26H22O. The number of phenolic OH excluding ortho intramolecular Hbond substituents is 1. The number of hydrogen-bond acceptors (Lipinski definition) is 1. The molecule has 132 valence electrons. The summed E-state index contributed by atoms with van der Waals surface area (Å²) in [4.78, 5) is 0. The number of phenols is 1. The van der Waals surface area contributed by atoms with Gasteiger partial charge in [-0.05, 0) is 46.7 Å². The lowest BCUT2D eigenvalue weighted by Gasteiger charge is -2.14. The molecule has 0 amide bonds. The van der Waals surface area contributed by atoms with Gasteiger partial charge in [-0.3, -0.25) is 0 Å². The molecule has 0 atom stereocenters. The molecule has 27 heavy (non-hydrogen) atoms. The van der Waals surface area contributed by atoms with Gasteiger partial charge in [0, 0.05) is 5.56 Å². The molecule has 1 heteroatoms. The Morgan fingerprint density at radius 2 is 1.07 bits per heavy atom. The van der Waals surface area contributed by atoms with Gasteiger partial charge in [0.1, 0.15) is 5.75 Å². The van der Waals surface area contributed by atoms with Crippen LogP contribution in [0.1, 0.15) is 22.3 Å². The smallest absolute Gasteiger partial charge is 0.123 e. The zero-order valence-corrected chi connectivity index (χ0v) is 15.2. The van der Waals surface area contributed by atoms with Gasteiger partial charge in [0.15, 0.2) is 0 Å². The van der Waals surface area contributed by atoms with E-state index in [1.807, 2.05) is 30.3 Å². The number of benzene rings is 4. The van der Waals surface area contributed by atoms with Crippen molar-refractivity contribution in [1.29, 1.82) is 0 Å². The van der Waals surface area contributed by atoms with E-state index in [0.29, 0.717) is 5.75 Å². The van der Waals surface area contributed by atoms with E-state index in [2.05, 4.69) is 66.7 Å². The lowest BCUT2D eigenvalue weighted by Crippen LogP contribution is -1.96. The minimum Gasteiger partial charge on any atom is -0.507 e. The van der Waals surface area contributed by atoms with E-state index in [4.69, 9.17) is 0 Å². The Balaban J connectivity index is 1.75. The maximum atomic E-state index is 10.4. The second-order valence-electron chi connectivity index (χ2n) is 6.83. The number of rotatable bonds is 5. The molecule has 0 fully saturated rings. The van der Waals surface area contributed by atoms with Gasteiger partial charge in [0.2, 0.25) is 0 Å². The van der Waals surface area contributed by atoms with Crippen LogP contribution in [0, 0.1) is 0 Å². The molecule has 0 spiro atoms. The van der Waals surface area contributed by atoms with Crippen molar-refractivity contribution in [3.63, 3.8) is 0 Å². The van der Waals surface area contributed by atoms with E-state index in [9.17, 15) is 5.11 Å². The molecule has 1 N–H and O–H groups in total. The Hall–Kier alpha value is -3.32. The predicted molar refractivity (Wildman–Crippen MR) is 112 cm³/mol. The van der Waals surface area contributed by atoms with Crippen LogP contribution >= 0.6 is 0 Å². The first-order valence-corrected chi connectivity index (χ1v) is 9.27. The van der Waals surface area contributed by atoms with Crippen molar-refractivity contribution in [2.45, 2.75) is 12.8 Å². The van der Waals surface area contributed by atoms with Crippen molar-refractivity contribution in [2.75, 3.05) is 0 Å². The van der Waals surface area contributed by atoms with Crippen LogP contribution in [0.3, 0.4) is 0 Å². The third-order valence-electron chi connectivity index (χ3n) is 4.86. The summed E-state index contributed by atoms with van der Waals surface area (Å²) in [5.74, 6) is 0.323. The summed E-state index contributed by atoms with van der Waals surface area (Å²) in [6.45, 7) is 0. The monoisotopic (exact) mass is 350 g/mol. The molecule has 0 unspecified atom stereocenters. The molecule has 0 heterocycles. The molecule has 0 bridgehead atoms. The van der Waals surface area contributed by atoms with E-state index in [1.54, 1.807) is 6.07 Å². The van der Waals surface area contributed by atoms with E-state index in [1.165, 1.54) is 22.3 Å². The first-order valence-electron chi connectivity index (χ1n) is 9.27. The first-order chi connectivity index (χ1) is 13.3. The van der Waals surface area contributed by atoms with Crippen LogP contribution in [-0.2, 0) is 12.8 Å². The summed E-state index contributed by atoms with van der Waals surface area (Å²) in [7, 11) is 0. The molecule has 0 saturated heterocycles. The van der Waals surface area contributed by atoms with Gasteiger partial charge >= 0.3 is 0 Å². The Kier molecular flexibility index (Phi) is 5.02. The standard InChI is InChI=1S/C26H22O/c27-26-14-8-7-13-24(26)25-19-22(17-20-9-3-1-4-10-20)15-16-23(25)18-21-11-5-2-6-12-21/h1-16,19,27H,17-18H2. The molecule has 0 radical (unpaired) electrons. The van der Waals surface area contributed by atoms with E-state index in [0.717, 1.165) is 24.0 Å².